The Morgan fingerprint density at radius 2 is 1.86 bits per heavy atom. The average molecular weight is 302 g/mol. The van der Waals surface area contributed by atoms with E-state index >= 15 is 0 Å². The number of benzene rings is 2. The van der Waals surface area contributed by atoms with E-state index in [2.05, 4.69) is 5.32 Å². The smallest absolute Gasteiger partial charge is 0.224 e. The van der Waals surface area contributed by atoms with Crippen molar-refractivity contribution in [1.82, 2.24) is 0 Å². The zero-order chi connectivity index (χ0) is 15.1. The summed E-state index contributed by atoms with van der Waals surface area (Å²) in [5.74, 6) is 0.389. The van der Waals surface area contributed by atoms with Crippen LogP contribution in [-0.2, 0) is 15.6 Å². The summed E-state index contributed by atoms with van der Waals surface area (Å²) >= 11 is 0. The number of nitrogen functional groups attached to an aromatic ring is 1. The third-order valence-corrected chi connectivity index (χ3v) is 4.37. The van der Waals surface area contributed by atoms with Crippen molar-refractivity contribution >= 4 is 28.1 Å². The Kier molecular flexibility index (Phi) is 5.51. The molecule has 4 nitrogen and oxygen atoms in total. The van der Waals surface area contributed by atoms with E-state index in [0.29, 0.717) is 30.0 Å². The van der Waals surface area contributed by atoms with E-state index in [4.69, 9.17) is 5.73 Å². The summed E-state index contributed by atoms with van der Waals surface area (Å²) in [5, 5.41) is 2.78. The van der Waals surface area contributed by atoms with Gasteiger partial charge in [-0.25, -0.2) is 0 Å². The molecule has 0 spiro atoms. The monoisotopic (exact) mass is 302 g/mol. The molecule has 3 N–H and O–H groups in total. The molecule has 0 saturated heterocycles. The lowest BCUT2D eigenvalue weighted by Gasteiger charge is -2.06. The zero-order valence-corrected chi connectivity index (χ0v) is 12.4. The van der Waals surface area contributed by atoms with E-state index in [1.54, 1.807) is 24.3 Å². The van der Waals surface area contributed by atoms with Crippen LogP contribution >= 0.6 is 0 Å². The molecule has 2 aromatic rings. The molecule has 0 bridgehead atoms. The first-order valence-electron chi connectivity index (χ1n) is 6.74. The second-order valence-electron chi connectivity index (χ2n) is 4.64. The van der Waals surface area contributed by atoms with Crippen molar-refractivity contribution in [2.24, 2.45) is 0 Å². The third kappa shape index (κ3) is 5.04. The first-order chi connectivity index (χ1) is 10.1. The maximum absolute atomic E-state index is 12.0. The predicted octanol–water partition coefficient (Wildman–Crippen LogP) is 2.80. The Labute approximate surface area is 126 Å². The van der Waals surface area contributed by atoms with Gasteiger partial charge in [-0.3, -0.25) is 9.00 Å². The molecule has 0 radical (unpaired) electrons. The second-order valence-corrected chi connectivity index (χ2v) is 6.21. The number of hydrogen-bond donors (Lipinski definition) is 2. The van der Waals surface area contributed by atoms with Gasteiger partial charge in [0.15, 0.2) is 0 Å². The molecule has 5 heteroatoms. The number of nitrogens with one attached hydrogen (secondary N) is 1. The Morgan fingerprint density at radius 3 is 2.57 bits per heavy atom. The molecule has 0 aliphatic carbocycles. The van der Waals surface area contributed by atoms with E-state index in [0.717, 1.165) is 4.90 Å². The van der Waals surface area contributed by atoms with Crippen molar-refractivity contribution in [3.05, 3.63) is 54.6 Å². The highest BCUT2D eigenvalue weighted by atomic mass is 32.2. The number of rotatable bonds is 6. The largest absolute Gasteiger partial charge is 0.399 e. The third-order valence-electron chi connectivity index (χ3n) is 2.91. The molecular formula is C16H18N2O2S. The van der Waals surface area contributed by atoms with Gasteiger partial charge in [0.2, 0.25) is 5.91 Å². The first-order valence-corrected chi connectivity index (χ1v) is 8.06. The highest BCUT2D eigenvalue weighted by molar-refractivity contribution is 7.85. The fourth-order valence-electron chi connectivity index (χ4n) is 1.89. The van der Waals surface area contributed by atoms with Gasteiger partial charge >= 0.3 is 0 Å². The molecule has 0 saturated carbocycles. The lowest BCUT2D eigenvalue weighted by Crippen LogP contribution is -2.12. The summed E-state index contributed by atoms with van der Waals surface area (Å²) in [5.41, 5.74) is 6.94. The highest BCUT2D eigenvalue weighted by Gasteiger charge is 2.06. The Hall–Kier alpha value is -2.14. The molecule has 1 atom stereocenters. The minimum Gasteiger partial charge on any atom is -0.399 e. The van der Waals surface area contributed by atoms with Crippen LogP contribution in [0.4, 0.5) is 11.4 Å². The number of nitrogens with two attached hydrogens (primary N) is 1. The number of carbonyl (C=O) groups is 1. The maximum Gasteiger partial charge on any atom is 0.224 e. The van der Waals surface area contributed by atoms with E-state index in [-0.39, 0.29) is 5.91 Å². The van der Waals surface area contributed by atoms with Gasteiger partial charge in [0.05, 0.1) is 10.8 Å². The van der Waals surface area contributed by atoms with Crippen LogP contribution < -0.4 is 11.1 Å². The van der Waals surface area contributed by atoms with Crippen molar-refractivity contribution in [1.29, 1.82) is 0 Å². The van der Waals surface area contributed by atoms with Crippen LogP contribution in [0.3, 0.4) is 0 Å². The van der Waals surface area contributed by atoms with E-state index in [1.165, 1.54) is 0 Å². The molecule has 2 rings (SSSR count). The van der Waals surface area contributed by atoms with Gasteiger partial charge in [0.1, 0.15) is 0 Å². The van der Waals surface area contributed by atoms with Crippen LogP contribution in [0.25, 0.3) is 0 Å². The van der Waals surface area contributed by atoms with Gasteiger partial charge in [-0.1, -0.05) is 24.3 Å². The number of amides is 1. The Bertz CT molecular complexity index is 629. The maximum atomic E-state index is 12.0. The van der Waals surface area contributed by atoms with Gasteiger partial charge in [-0.15, -0.1) is 0 Å². The minimum absolute atomic E-state index is 0.0920. The average Bonchev–Trinajstić information content (AvgIpc) is 2.48. The fourth-order valence-corrected chi connectivity index (χ4v) is 3.00. The van der Waals surface area contributed by atoms with E-state index < -0.39 is 10.8 Å². The second kappa shape index (κ2) is 7.59. The summed E-state index contributed by atoms with van der Waals surface area (Å²) in [6.45, 7) is 0. The summed E-state index contributed by atoms with van der Waals surface area (Å²) in [6, 6.07) is 16.3. The van der Waals surface area contributed by atoms with Gasteiger partial charge in [-0.2, -0.15) is 0 Å². The normalized spacial score (nSPS) is 11.8. The molecule has 0 aromatic heterocycles. The molecule has 0 aliphatic rings. The van der Waals surface area contributed by atoms with Crippen molar-refractivity contribution in [2.75, 3.05) is 16.8 Å². The first kappa shape index (κ1) is 15.3. The lowest BCUT2D eigenvalue weighted by atomic mass is 10.2. The van der Waals surface area contributed by atoms with Crippen LogP contribution in [0.5, 0.6) is 0 Å². The molecule has 110 valence electrons. The molecule has 0 heterocycles. The molecular weight excluding hydrogens is 284 g/mol. The van der Waals surface area contributed by atoms with Gasteiger partial charge < -0.3 is 11.1 Å². The van der Waals surface area contributed by atoms with Crippen molar-refractivity contribution < 1.29 is 9.00 Å². The quantitative estimate of drug-likeness (QED) is 0.806. The van der Waals surface area contributed by atoms with Crippen LogP contribution in [0.15, 0.2) is 59.5 Å². The molecule has 0 fully saturated rings. The highest BCUT2D eigenvalue weighted by Crippen LogP contribution is 2.13. The summed E-state index contributed by atoms with van der Waals surface area (Å²) < 4.78 is 12.0. The number of anilines is 2. The Balaban J connectivity index is 1.76. The number of hydrogen-bond acceptors (Lipinski definition) is 3. The topological polar surface area (TPSA) is 72.2 Å². The summed E-state index contributed by atoms with van der Waals surface area (Å²) in [6.07, 6.45) is 0.920. The molecule has 21 heavy (non-hydrogen) atoms. The Morgan fingerprint density at radius 1 is 1.10 bits per heavy atom. The molecule has 0 aliphatic heterocycles. The van der Waals surface area contributed by atoms with E-state index in [9.17, 15) is 9.00 Å². The SMILES string of the molecule is Nc1cccc(NC(=O)CCCS(=O)c2ccccc2)c1. The molecule has 1 unspecified atom stereocenters. The summed E-state index contributed by atoms with van der Waals surface area (Å²) in [4.78, 5) is 12.6. The standard InChI is InChI=1S/C16H18N2O2S/c17-13-6-4-7-14(12-13)18-16(19)10-5-11-21(20)15-8-2-1-3-9-15/h1-4,6-9,12H,5,10-11,17H2,(H,18,19). The van der Waals surface area contributed by atoms with Crippen LogP contribution in [0.1, 0.15) is 12.8 Å². The molecule has 2 aromatic carbocycles. The zero-order valence-electron chi connectivity index (χ0n) is 11.6. The van der Waals surface area contributed by atoms with Gasteiger partial charge in [0.25, 0.3) is 0 Å². The van der Waals surface area contributed by atoms with Crippen LogP contribution in [-0.4, -0.2) is 15.9 Å². The lowest BCUT2D eigenvalue weighted by molar-refractivity contribution is -0.116. The predicted molar refractivity (Wildman–Crippen MR) is 86.4 cm³/mol. The van der Waals surface area contributed by atoms with E-state index in [1.807, 2.05) is 30.3 Å². The molecule has 1 amide bonds. The van der Waals surface area contributed by atoms with Crippen LogP contribution in [0.2, 0.25) is 0 Å². The van der Waals surface area contributed by atoms with Crippen molar-refractivity contribution in [3.63, 3.8) is 0 Å². The fraction of sp³-hybridized carbons (Fsp3) is 0.188. The number of carbonyl (C=O) groups excluding carboxylic acids is 1. The summed E-state index contributed by atoms with van der Waals surface area (Å²) in [7, 11) is -1.05. The van der Waals surface area contributed by atoms with Crippen molar-refractivity contribution in [3.8, 4) is 0 Å². The van der Waals surface area contributed by atoms with Gasteiger partial charge in [-0.05, 0) is 36.8 Å². The van der Waals surface area contributed by atoms with Crippen LogP contribution in [0, 0.1) is 0 Å². The van der Waals surface area contributed by atoms with Gasteiger partial charge in [0, 0.05) is 28.4 Å². The minimum atomic E-state index is -1.05. The van der Waals surface area contributed by atoms with Crippen molar-refractivity contribution in [2.45, 2.75) is 17.7 Å².